The minimum Gasteiger partial charge on any atom is -0.303 e. The SMILES string of the molecule is C/C(=N\N=C1/NC(=O)C(CC(=O)c2ccccc2)S1)c1ccc([N+](=O)[O-])cc1. The molecule has 0 aliphatic carbocycles. The first-order valence-corrected chi connectivity index (χ1v) is 9.25. The lowest BCUT2D eigenvalue weighted by Crippen LogP contribution is -2.26. The van der Waals surface area contributed by atoms with E-state index < -0.39 is 10.2 Å². The van der Waals surface area contributed by atoms with Crippen LogP contribution in [0.5, 0.6) is 0 Å². The molecule has 1 saturated heterocycles. The Morgan fingerprint density at radius 3 is 2.46 bits per heavy atom. The van der Waals surface area contributed by atoms with Gasteiger partial charge < -0.3 is 5.32 Å². The molecule has 28 heavy (non-hydrogen) atoms. The van der Waals surface area contributed by atoms with Gasteiger partial charge in [0.1, 0.15) is 0 Å². The zero-order valence-corrected chi connectivity index (χ0v) is 15.7. The van der Waals surface area contributed by atoms with Crippen LogP contribution < -0.4 is 5.32 Å². The van der Waals surface area contributed by atoms with Crippen molar-refractivity contribution in [2.24, 2.45) is 10.2 Å². The Labute approximate surface area is 164 Å². The second kappa shape index (κ2) is 8.57. The van der Waals surface area contributed by atoms with Crippen LogP contribution in [0.1, 0.15) is 29.3 Å². The summed E-state index contributed by atoms with van der Waals surface area (Å²) in [6.45, 7) is 1.71. The average Bonchev–Trinajstić information content (AvgIpc) is 3.06. The Morgan fingerprint density at radius 1 is 1.14 bits per heavy atom. The highest BCUT2D eigenvalue weighted by Crippen LogP contribution is 2.24. The van der Waals surface area contributed by atoms with E-state index >= 15 is 0 Å². The first-order valence-electron chi connectivity index (χ1n) is 8.37. The van der Waals surface area contributed by atoms with Gasteiger partial charge in [-0.2, -0.15) is 5.10 Å². The highest BCUT2D eigenvalue weighted by Gasteiger charge is 2.32. The fourth-order valence-electron chi connectivity index (χ4n) is 2.50. The number of hydrogen-bond acceptors (Lipinski definition) is 7. The number of non-ortho nitro benzene ring substituents is 1. The molecule has 0 radical (unpaired) electrons. The number of nitrogens with zero attached hydrogens (tertiary/aromatic N) is 3. The quantitative estimate of drug-likeness (QED) is 0.349. The fourth-order valence-corrected chi connectivity index (χ4v) is 3.42. The first-order chi connectivity index (χ1) is 13.4. The number of amides is 1. The van der Waals surface area contributed by atoms with Crippen LogP contribution in [0.15, 0.2) is 64.8 Å². The van der Waals surface area contributed by atoms with E-state index in [1.165, 1.54) is 12.1 Å². The third kappa shape index (κ3) is 4.68. The molecule has 3 rings (SSSR count). The summed E-state index contributed by atoms with van der Waals surface area (Å²) in [5.41, 5.74) is 1.78. The summed E-state index contributed by atoms with van der Waals surface area (Å²) in [5.74, 6) is -0.392. The van der Waals surface area contributed by atoms with Gasteiger partial charge in [-0.1, -0.05) is 42.1 Å². The molecule has 8 nitrogen and oxygen atoms in total. The Hall–Kier alpha value is -3.33. The van der Waals surface area contributed by atoms with Crippen molar-refractivity contribution in [2.45, 2.75) is 18.6 Å². The van der Waals surface area contributed by atoms with Gasteiger partial charge in [-0.05, 0) is 24.6 Å². The van der Waals surface area contributed by atoms with Gasteiger partial charge in [0.05, 0.1) is 15.9 Å². The molecule has 142 valence electrons. The average molecular weight is 396 g/mol. The maximum absolute atomic E-state index is 12.3. The van der Waals surface area contributed by atoms with Gasteiger partial charge >= 0.3 is 0 Å². The molecule has 0 aromatic heterocycles. The molecule has 0 bridgehead atoms. The summed E-state index contributed by atoms with van der Waals surface area (Å²) in [6.07, 6.45) is 0.0740. The molecule has 1 unspecified atom stereocenters. The Balaban J connectivity index is 1.65. The van der Waals surface area contributed by atoms with Crippen molar-refractivity contribution in [1.29, 1.82) is 0 Å². The number of amidine groups is 1. The molecular formula is C19H16N4O4S. The van der Waals surface area contributed by atoms with E-state index in [1.54, 1.807) is 43.3 Å². The highest BCUT2D eigenvalue weighted by atomic mass is 32.2. The number of carbonyl (C=O) groups excluding carboxylic acids is 2. The van der Waals surface area contributed by atoms with Gasteiger partial charge in [0.2, 0.25) is 5.91 Å². The number of thioether (sulfide) groups is 1. The third-order valence-electron chi connectivity index (χ3n) is 4.03. The van der Waals surface area contributed by atoms with Crippen LogP contribution in [0.4, 0.5) is 5.69 Å². The molecule has 2 aromatic rings. The predicted octanol–water partition coefficient (Wildman–Crippen LogP) is 3.18. The smallest absolute Gasteiger partial charge is 0.269 e. The van der Waals surface area contributed by atoms with Gasteiger partial charge in [-0.15, -0.1) is 5.10 Å². The molecule has 1 aliphatic rings. The van der Waals surface area contributed by atoms with Crippen molar-refractivity contribution >= 4 is 40.0 Å². The minimum absolute atomic E-state index is 0.00704. The summed E-state index contributed by atoms with van der Waals surface area (Å²) in [6, 6.07) is 14.7. The summed E-state index contributed by atoms with van der Waals surface area (Å²) in [5, 5.41) is 21.2. The third-order valence-corrected chi connectivity index (χ3v) is 5.10. The molecule has 1 aliphatic heterocycles. The van der Waals surface area contributed by atoms with Gasteiger partial charge in [0, 0.05) is 24.1 Å². The molecular weight excluding hydrogens is 380 g/mol. The first kappa shape index (κ1) is 19.4. The lowest BCUT2D eigenvalue weighted by Gasteiger charge is -2.04. The molecule has 2 aromatic carbocycles. The van der Waals surface area contributed by atoms with Crippen molar-refractivity contribution in [3.63, 3.8) is 0 Å². The summed E-state index contributed by atoms with van der Waals surface area (Å²) in [4.78, 5) is 34.6. The number of carbonyl (C=O) groups is 2. The largest absolute Gasteiger partial charge is 0.303 e. The van der Waals surface area contributed by atoms with Gasteiger partial charge in [-0.25, -0.2) is 0 Å². The Morgan fingerprint density at radius 2 is 1.82 bits per heavy atom. The van der Waals surface area contributed by atoms with Crippen LogP contribution in [-0.2, 0) is 4.79 Å². The van der Waals surface area contributed by atoms with Gasteiger partial charge in [0.15, 0.2) is 11.0 Å². The standard InChI is InChI=1S/C19H16N4O4S/c1-12(13-7-9-15(10-8-13)23(26)27)21-22-19-20-18(25)17(28-19)11-16(24)14-5-3-2-4-6-14/h2-10,17H,11H2,1H3,(H,20,22,25)/b21-12+. The van der Waals surface area contributed by atoms with E-state index in [-0.39, 0.29) is 23.8 Å². The highest BCUT2D eigenvalue weighted by molar-refractivity contribution is 8.15. The minimum atomic E-state index is -0.554. The molecule has 1 amide bonds. The molecule has 0 saturated carbocycles. The maximum Gasteiger partial charge on any atom is 0.269 e. The summed E-state index contributed by atoms with van der Waals surface area (Å²) >= 11 is 1.16. The van der Waals surface area contributed by atoms with Crippen LogP contribution in [-0.4, -0.2) is 32.7 Å². The summed E-state index contributed by atoms with van der Waals surface area (Å²) < 4.78 is 0. The van der Waals surface area contributed by atoms with E-state index in [9.17, 15) is 19.7 Å². The normalized spacial score (nSPS) is 18.2. The second-order valence-corrected chi connectivity index (χ2v) is 7.18. The Kier molecular flexibility index (Phi) is 5.95. The molecule has 1 heterocycles. The topological polar surface area (TPSA) is 114 Å². The van der Waals surface area contributed by atoms with E-state index in [0.717, 1.165) is 11.8 Å². The zero-order valence-electron chi connectivity index (χ0n) is 14.9. The molecule has 9 heteroatoms. The lowest BCUT2D eigenvalue weighted by atomic mass is 10.1. The van der Waals surface area contributed by atoms with Crippen LogP contribution in [0, 0.1) is 10.1 Å². The van der Waals surface area contributed by atoms with E-state index in [2.05, 4.69) is 15.5 Å². The van der Waals surface area contributed by atoms with E-state index in [4.69, 9.17) is 0 Å². The van der Waals surface area contributed by atoms with E-state index in [0.29, 0.717) is 22.0 Å². The van der Waals surface area contributed by atoms with Crippen LogP contribution in [0.2, 0.25) is 0 Å². The maximum atomic E-state index is 12.3. The predicted molar refractivity (Wildman–Crippen MR) is 108 cm³/mol. The zero-order chi connectivity index (χ0) is 20.1. The van der Waals surface area contributed by atoms with Crippen molar-refractivity contribution in [3.8, 4) is 0 Å². The molecule has 0 spiro atoms. The number of Topliss-reactive ketones (excluding diaryl/α,β-unsaturated/α-hetero) is 1. The number of nitrogens with one attached hydrogen (secondary N) is 1. The summed E-state index contributed by atoms with van der Waals surface area (Å²) in [7, 11) is 0. The van der Waals surface area contributed by atoms with Crippen LogP contribution >= 0.6 is 11.8 Å². The Bertz CT molecular complexity index is 971. The van der Waals surface area contributed by atoms with Crippen molar-refractivity contribution in [3.05, 3.63) is 75.8 Å². The number of hydrogen-bond donors (Lipinski definition) is 1. The molecule has 1 fully saturated rings. The van der Waals surface area contributed by atoms with Crippen molar-refractivity contribution in [2.75, 3.05) is 0 Å². The van der Waals surface area contributed by atoms with Crippen molar-refractivity contribution in [1.82, 2.24) is 5.32 Å². The lowest BCUT2D eigenvalue weighted by molar-refractivity contribution is -0.384. The monoisotopic (exact) mass is 396 g/mol. The van der Waals surface area contributed by atoms with Crippen LogP contribution in [0.3, 0.4) is 0 Å². The second-order valence-electron chi connectivity index (χ2n) is 5.98. The van der Waals surface area contributed by atoms with Gasteiger partial charge in [-0.3, -0.25) is 19.7 Å². The van der Waals surface area contributed by atoms with E-state index in [1.807, 2.05) is 6.07 Å². The van der Waals surface area contributed by atoms with Gasteiger partial charge in [0.25, 0.3) is 5.69 Å². The number of rotatable bonds is 6. The number of nitro groups is 1. The number of ketones is 1. The van der Waals surface area contributed by atoms with Crippen molar-refractivity contribution < 1.29 is 14.5 Å². The fraction of sp³-hybridized carbons (Fsp3) is 0.158. The molecule has 1 atom stereocenters. The van der Waals surface area contributed by atoms with Crippen LogP contribution in [0.25, 0.3) is 0 Å². The molecule has 1 N–H and O–H groups in total. The number of benzene rings is 2. The number of nitro benzene ring substituents is 1.